The van der Waals surface area contributed by atoms with Gasteiger partial charge >= 0.3 is 12.5 Å². The maximum absolute atomic E-state index is 13.8. The molecule has 0 unspecified atom stereocenters. The molecule has 2 heterocycles. The van der Waals surface area contributed by atoms with Crippen LogP contribution in [-0.4, -0.2) is 38.7 Å². The summed E-state index contributed by atoms with van der Waals surface area (Å²) in [5, 5.41) is 10.1. The van der Waals surface area contributed by atoms with E-state index in [9.17, 15) is 26.3 Å². The molecule has 4 aromatic rings. The maximum Gasteiger partial charge on any atom is 0.461 e. The quantitative estimate of drug-likeness (QED) is 0.0471. The Kier molecular flexibility index (Phi) is 9.65. The van der Waals surface area contributed by atoms with Crippen molar-refractivity contribution in [2.45, 2.75) is 25.0 Å². The van der Waals surface area contributed by atoms with E-state index in [-0.39, 0.29) is 35.6 Å². The standard InChI is InChI=1S/C27H21ClF6N8O/c1-2-26(31,32)18-9-6-16(7-10-18)15-37-42-25-40-23(36-14-17-8-11-21(28)35-13-17)39-24(41-25)38-19-4-3-5-20(12-19)43-27(33,34)22(29)30/h2-13,15,22H,1,14H2,(H3,36,38,39,40,41,42)/b37-15+. The third kappa shape index (κ3) is 8.78. The lowest BCUT2D eigenvalue weighted by atomic mass is 10.1. The van der Waals surface area contributed by atoms with Gasteiger partial charge in [-0.05, 0) is 35.4 Å². The molecule has 0 aliphatic rings. The van der Waals surface area contributed by atoms with Gasteiger partial charge in [-0.1, -0.05) is 54.6 Å². The van der Waals surface area contributed by atoms with Crippen molar-refractivity contribution in [1.29, 1.82) is 0 Å². The lowest BCUT2D eigenvalue weighted by Crippen LogP contribution is -2.33. The number of nitrogens with one attached hydrogen (secondary N) is 3. The van der Waals surface area contributed by atoms with E-state index in [0.717, 1.165) is 17.7 Å². The third-order valence-corrected chi connectivity index (χ3v) is 5.63. The van der Waals surface area contributed by atoms with E-state index in [1.807, 2.05) is 0 Å². The molecule has 224 valence electrons. The summed E-state index contributed by atoms with van der Waals surface area (Å²) in [5.74, 6) is -3.81. The van der Waals surface area contributed by atoms with Crippen LogP contribution in [0.1, 0.15) is 16.7 Å². The number of ether oxygens (including phenoxy) is 1. The van der Waals surface area contributed by atoms with Crippen LogP contribution in [0.4, 0.5) is 49.9 Å². The Balaban J connectivity index is 1.54. The largest absolute Gasteiger partial charge is 0.461 e. The zero-order valence-electron chi connectivity index (χ0n) is 21.8. The second-order valence-corrected chi connectivity index (χ2v) is 8.97. The van der Waals surface area contributed by atoms with Crippen molar-refractivity contribution in [3.05, 3.63) is 101 Å². The highest BCUT2D eigenvalue weighted by molar-refractivity contribution is 6.29. The van der Waals surface area contributed by atoms with Gasteiger partial charge in [0.1, 0.15) is 10.9 Å². The average Bonchev–Trinajstić information content (AvgIpc) is 2.97. The van der Waals surface area contributed by atoms with Gasteiger partial charge in [-0.25, -0.2) is 10.4 Å². The van der Waals surface area contributed by atoms with Crippen molar-refractivity contribution in [1.82, 2.24) is 19.9 Å². The fourth-order valence-electron chi connectivity index (χ4n) is 3.29. The van der Waals surface area contributed by atoms with E-state index in [2.05, 4.69) is 52.4 Å². The van der Waals surface area contributed by atoms with E-state index in [4.69, 9.17) is 11.6 Å². The van der Waals surface area contributed by atoms with Crippen LogP contribution in [0.3, 0.4) is 0 Å². The lowest BCUT2D eigenvalue weighted by molar-refractivity contribution is -0.253. The molecule has 4 rings (SSSR count). The Bertz CT molecular complexity index is 1570. The Labute approximate surface area is 245 Å². The number of halogens is 7. The van der Waals surface area contributed by atoms with Crippen LogP contribution in [0.25, 0.3) is 0 Å². The van der Waals surface area contributed by atoms with Crippen LogP contribution in [0, 0.1) is 0 Å². The molecule has 0 aliphatic carbocycles. The number of hydrogen-bond donors (Lipinski definition) is 3. The molecule has 9 nitrogen and oxygen atoms in total. The van der Waals surface area contributed by atoms with Gasteiger partial charge in [-0.3, -0.25) is 0 Å². The summed E-state index contributed by atoms with van der Waals surface area (Å²) in [6.07, 6.45) is -5.31. The van der Waals surface area contributed by atoms with Gasteiger partial charge in [-0.2, -0.15) is 46.4 Å². The molecular formula is C27H21ClF6N8O. The molecule has 0 atom stereocenters. The van der Waals surface area contributed by atoms with E-state index in [0.29, 0.717) is 16.8 Å². The first-order chi connectivity index (χ1) is 20.4. The number of hydrogen-bond acceptors (Lipinski definition) is 9. The topological polar surface area (TPSA) is 109 Å². The van der Waals surface area contributed by atoms with E-state index < -0.39 is 24.2 Å². The number of allylic oxidation sites excluding steroid dienone is 1. The molecule has 0 bridgehead atoms. The number of hydrazone groups is 1. The first-order valence-electron chi connectivity index (χ1n) is 12.2. The maximum atomic E-state index is 13.8. The zero-order valence-corrected chi connectivity index (χ0v) is 22.5. The van der Waals surface area contributed by atoms with Gasteiger partial charge in [0.05, 0.1) is 6.21 Å². The van der Waals surface area contributed by atoms with Crippen LogP contribution in [0.15, 0.2) is 84.6 Å². The number of aromatic nitrogens is 4. The molecule has 3 N–H and O–H groups in total. The molecule has 0 radical (unpaired) electrons. The van der Waals surface area contributed by atoms with Crippen LogP contribution < -0.4 is 20.8 Å². The molecule has 0 saturated heterocycles. The monoisotopic (exact) mass is 622 g/mol. The van der Waals surface area contributed by atoms with Crippen LogP contribution in [0.5, 0.6) is 5.75 Å². The average molecular weight is 623 g/mol. The highest BCUT2D eigenvalue weighted by atomic mass is 35.5. The first kappa shape index (κ1) is 31.0. The molecule has 0 saturated carbocycles. The number of pyridine rings is 1. The predicted octanol–water partition coefficient (Wildman–Crippen LogP) is 7.24. The minimum atomic E-state index is -4.69. The fraction of sp³-hybridized carbons (Fsp3) is 0.148. The Morgan fingerprint density at radius 2 is 1.67 bits per heavy atom. The van der Waals surface area contributed by atoms with Crippen LogP contribution in [0.2, 0.25) is 5.15 Å². The van der Waals surface area contributed by atoms with Gasteiger partial charge in [0, 0.05) is 30.1 Å². The number of rotatable bonds is 13. The van der Waals surface area contributed by atoms with Gasteiger partial charge < -0.3 is 15.4 Å². The van der Waals surface area contributed by atoms with Gasteiger partial charge in [0.25, 0.3) is 5.92 Å². The molecular weight excluding hydrogens is 602 g/mol. The van der Waals surface area contributed by atoms with Crippen LogP contribution in [-0.2, 0) is 12.5 Å². The second-order valence-electron chi connectivity index (χ2n) is 8.59. The summed E-state index contributed by atoms with van der Waals surface area (Å²) in [6, 6.07) is 13.5. The normalized spacial score (nSPS) is 11.9. The second kappa shape index (κ2) is 13.4. The minimum Gasteiger partial charge on any atom is -0.428 e. The highest BCUT2D eigenvalue weighted by Crippen LogP contribution is 2.30. The molecule has 43 heavy (non-hydrogen) atoms. The molecule has 2 aromatic heterocycles. The van der Waals surface area contributed by atoms with Crippen LogP contribution >= 0.6 is 11.6 Å². The van der Waals surface area contributed by atoms with E-state index in [1.165, 1.54) is 48.8 Å². The highest BCUT2D eigenvalue weighted by Gasteiger charge is 2.44. The molecule has 0 amide bonds. The third-order valence-electron chi connectivity index (χ3n) is 5.40. The zero-order chi connectivity index (χ0) is 31.0. The van der Waals surface area contributed by atoms with Gasteiger partial charge in [-0.15, -0.1) is 0 Å². The molecule has 0 aliphatic heterocycles. The summed E-state index contributed by atoms with van der Waals surface area (Å²) in [5.41, 5.74) is 3.72. The molecule has 2 aromatic carbocycles. The van der Waals surface area contributed by atoms with Crippen molar-refractivity contribution in [2.24, 2.45) is 5.10 Å². The smallest absolute Gasteiger partial charge is 0.428 e. The minimum absolute atomic E-state index is 0.0535. The van der Waals surface area contributed by atoms with Crippen molar-refractivity contribution in [3.8, 4) is 5.75 Å². The van der Waals surface area contributed by atoms with E-state index in [1.54, 1.807) is 12.1 Å². The number of anilines is 4. The molecule has 0 spiro atoms. The predicted molar refractivity (Wildman–Crippen MR) is 149 cm³/mol. The van der Waals surface area contributed by atoms with Crippen molar-refractivity contribution >= 4 is 41.3 Å². The van der Waals surface area contributed by atoms with Crippen molar-refractivity contribution in [3.63, 3.8) is 0 Å². The van der Waals surface area contributed by atoms with E-state index >= 15 is 0 Å². The SMILES string of the molecule is C=CC(F)(F)c1ccc(/C=N/Nc2nc(NCc3ccc(Cl)nc3)nc(Nc3cccc(OC(F)(F)C(F)F)c3)n2)cc1. The lowest BCUT2D eigenvalue weighted by Gasteiger charge is -2.17. The molecule has 16 heteroatoms. The number of alkyl halides is 6. The fourth-order valence-corrected chi connectivity index (χ4v) is 3.41. The van der Waals surface area contributed by atoms with Crippen molar-refractivity contribution < 1.29 is 31.1 Å². The first-order valence-corrected chi connectivity index (χ1v) is 12.5. The summed E-state index contributed by atoms with van der Waals surface area (Å²) < 4.78 is 83.5. The van der Waals surface area contributed by atoms with Gasteiger partial charge in [0.15, 0.2) is 0 Å². The Hall–Kier alpha value is -4.92. The summed E-state index contributed by atoms with van der Waals surface area (Å²) in [6.45, 7) is 3.35. The van der Waals surface area contributed by atoms with Crippen molar-refractivity contribution in [2.75, 3.05) is 16.1 Å². The Morgan fingerprint density at radius 1 is 0.953 bits per heavy atom. The summed E-state index contributed by atoms with van der Waals surface area (Å²) in [7, 11) is 0. The number of nitrogens with zero attached hydrogens (tertiary/aromatic N) is 5. The Morgan fingerprint density at radius 3 is 2.35 bits per heavy atom. The molecule has 0 fully saturated rings. The summed E-state index contributed by atoms with van der Waals surface area (Å²) >= 11 is 5.82. The van der Waals surface area contributed by atoms with Gasteiger partial charge in [0.2, 0.25) is 17.8 Å². The summed E-state index contributed by atoms with van der Waals surface area (Å²) in [4.78, 5) is 16.6. The number of benzene rings is 2.